The number of carbonyl (C=O) groups is 1. The molecule has 2 aliphatic heterocycles. The van der Waals surface area contributed by atoms with E-state index in [0.717, 1.165) is 18.4 Å². The van der Waals surface area contributed by atoms with Gasteiger partial charge in [-0.1, -0.05) is 30.3 Å². The Morgan fingerprint density at radius 3 is 2.41 bits per heavy atom. The van der Waals surface area contributed by atoms with E-state index in [2.05, 4.69) is 11.9 Å². The number of rotatable bonds is 4. The highest BCUT2D eigenvalue weighted by Gasteiger charge is 2.40. The third-order valence-corrected chi connectivity index (χ3v) is 5.01. The summed E-state index contributed by atoms with van der Waals surface area (Å²) in [5.41, 5.74) is 0.820. The number of aliphatic hydroxyl groups excluding tert-OH is 1. The van der Waals surface area contributed by atoms with Crippen LogP contribution in [0.25, 0.3) is 0 Å². The van der Waals surface area contributed by atoms with E-state index < -0.39 is 5.92 Å². The van der Waals surface area contributed by atoms with Crippen molar-refractivity contribution in [1.82, 2.24) is 4.90 Å². The van der Waals surface area contributed by atoms with Gasteiger partial charge in [0.1, 0.15) is 12.0 Å². The first-order valence-corrected chi connectivity index (χ1v) is 7.77. The molecule has 1 aromatic carbocycles. The fourth-order valence-corrected chi connectivity index (χ4v) is 3.71. The summed E-state index contributed by atoms with van der Waals surface area (Å²) in [6.45, 7) is -0.206. The van der Waals surface area contributed by atoms with Gasteiger partial charge in [-0.05, 0) is 38.3 Å². The van der Waals surface area contributed by atoms with Gasteiger partial charge in [-0.25, -0.2) is 0 Å². The van der Waals surface area contributed by atoms with E-state index in [1.54, 1.807) is 0 Å². The minimum atomic E-state index is -0.566. The van der Waals surface area contributed by atoms with Gasteiger partial charge in [0.25, 0.3) is 0 Å². The number of nitrogens with zero attached hydrogens (tertiary/aromatic N) is 1. The first-order chi connectivity index (χ1) is 10.2. The predicted molar refractivity (Wildman–Crippen MR) is 90.3 cm³/mol. The maximum Gasteiger partial charge on any atom is 0.316 e. The number of esters is 1. The van der Waals surface area contributed by atoms with Crippen LogP contribution >= 0.6 is 17.0 Å². The van der Waals surface area contributed by atoms with Crippen molar-refractivity contribution in [1.29, 1.82) is 0 Å². The number of aliphatic hydroxyl groups is 1. The molecular formula is C17H24BrNO3. The molecule has 0 aliphatic carbocycles. The Bertz CT molecular complexity index is 482. The first-order valence-electron chi connectivity index (χ1n) is 7.77. The summed E-state index contributed by atoms with van der Waals surface area (Å²) in [6.07, 6.45) is 4.26. The molecule has 2 heterocycles. The average Bonchev–Trinajstić information content (AvgIpc) is 2.72. The molecule has 1 N–H and O–H groups in total. The highest BCUT2D eigenvalue weighted by atomic mass is 79.9. The van der Waals surface area contributed by atoms with Crippen LogP contribution in [0.15, 0.2) is 30.3 Å². The monoisotopic (exact) mass is 369 g/mol. The molecule has 2 fully saturated rings. The van der Waals surface area contributed by atoms with Crippen LogP contribution in [-0.4, -0.2) is 47.8 Å². The number of halogens is 1. The lowest BCUT2D eigenvalue weighted by Gasteiger charge is -2.36. The van der Waals surface area contributed by atoms with Crippen LogP contribution in [-0.2, 0) is 9.53 Å². The van der Waals surface area contributed by atoms with Gasteiger partial charge in [-0.15, -0.1) is 17.0 Å². The molecule has 1 aromatic rings. The molecule has 4 atom stereocenters. The van der Waals surface area contributed by atoms with Crippen LogP contribution in [0.1, 0.15) is 37.2 Å². The molecule has 2 bridgehead atoms. The Hall–Kier alpha value is -0.910. The van der Waals surface area contributed by atoms with E-state index in [0.29, 0.717) is 12.1 Å². The zero-order valence-electron chi connectivity index (χ0n) is 12.9. The van der Waals surface area contributed by atoms with Gasteiger partial charge in [0.05, 0.1) is 6.61 Å². The zero-order chi connectivity index (χ0) is 14.8. The van der Waals surface area contributed by atoms with Crippen molar-refractivity contribution in [3.63, 3.8) is 0 Å². The molecule has 0 radical (unpaired) electrons. The molecule has 5 heteroatoms. The van der Waals surface area contributed by atoms with Crippen molar-refractivity contribution in [2.45, 2.75) is 49.8 Å². The van der Waals surface area contributed by atoms with E-state index >= 15 is 0 Å². The SMILES string of the molecule is Br.CN1[C@@H]2CC[C@H]1C[C@@H](OC(=O)[C@H](CO)c1ccccc1)C2. The highest BCUT2D eigenvalue weighted by molar-refractivity contribution is 8.93. The maximum absolute atomic E-state index is 12.4. The van der Waals surface area contributed by atoms with Crippen molar-refractivity contribution in [3.05, 3.63) is 35.9 Å². The van der Waals surface area contributed by atoms with E-state index in [-0.39, 0.29) is 35.7 Å². The quantitative estimate of drug-likeness (QED) is 0.828. The Morgan fingerprint density at radius 2 is 1.86 bits per heavy atom. The standard InChI is InChI=1S/C17H23NO3.BrH/c1-18-13-7-8-14(18)10-15(9-13)21-17(20)16(11-19)12-5-3-2-4-6-12;/h2-6,13-16,19H,7-11H2,1H3;1H/t13-,14+,15+,16-;/m1./s1. The highest BCUT2D eigenvalue weighted by Crippen LogP contribution is 2.36. The van der Waals surface area contributed by atoms with Gasteiger partial charge in [0, 0.05) is 12.1 Å². The van der Waals surface area contributed by atoms with Crippen LogP contribution in [0, 0.1) is 0 Å². The molecule has 0 saturated carbocycles. The molecule has 22 heavy (non-hydrogen) atoms. The lowest BCUT2D eigenvalue weighted by molar-refractivity contribution is -0.155. The zero-order valence-corrected chi connectivity index (χ0v) is 14.6. The number of hydrogen-bond acceptors (Lipinski definition) is 4. The van der Waals surface area contributed by atoms with Crippen LogP contribution in [0.2, 0.25) is 0 Å². The molecule has 0 aromatic heterocycles. The minimum Gasteiger partial charge on any atom is -0.462 e. The Labute approximate surface area is 142 Å². The fraction of sp³-hybridized carbons (Fsp3) is 0.588. The predicted octanol–water partition coefficient (Wildman–Crippen LogP) is 2.51. The van der Waals surface area contributed by atoms with Crippen molar-refractivity contribution < 1.29 is 14.6 Å². The van der Waals surface area contributed by atoms with Gasteiger partial charge in [0.15, 0.2) is 0 Å². The number of piperidine rings is 1. The summed E-state index contributed by atoms with van der Waals surface area (Å²) in [5.74, 6) is -0.860. The van der Waals surface area contributed by atoms with Crippen molar-refractivity contribution >= 4 is 23.0 Å². The Kier molecular flexibility index (Phi) is 6.01. The van der Waals surface area contributed by atoms with Gasteiger partial charge in [-0.3, -0.25) is 4.79 Å². The molecule has 122 valence electrons. The van der Waals surface area contributed by atoms with E-state index in [1.165, 1.54) is 12.8 Å². The van der Waals surface area contributed by atoms with Crippen LogP contribution in [0.3, 0.4) is 0 Å². The topological polar surface area (TPSA) is 49.8 Å². The summed E-state index contributed by atoms with van der Waals surface area (Å²) in [6, 6.07) is 10.5. The number of fused-ring (bicyclic) bond motifs is 2. The van der Waals surface area contributed by atoms with Crippen LogP contribution in [0.4, 0.5) is 0 Å². The summed E-state index contributed by atoms with van der Waals surface area (Å²) in [5, 5.41) is 9.53. The molecule has 0 amide bonds. The fourth-order valence-electron chi connectivity index (χ4n) is 3.71. The maximum atomic E-state index is 12.4. The summed E-state index contributed by atoms with van der Waals surface area (Å²) < 4.78 is 5.70. The average molecular weight is 370 g/mol. The number of ether oxygens (including phenoxy) is 1. The van der Waals surface area contributed by atoms with Crippen molar-refractivity contribution in [3.8, 4) is 0 Å². The molecule has 0 spiro atoms. The first kappa shape index (κ1) is 17.4. The second-order valence-corrected chi connectivity index (χ2v) is 6.23. The molecule has 2 saturated heterocycles. The Balaban J connectivity index is 0.00000176. The summed E-state index contributed by atoms with van der Waals surface area (Å²) in [7, 11) is 2.17. The number of benzene rings is 1. The third kappa shape index (κ3) is 3.53. The second-order valence-electron chi connectivity index (χ2n) is 6.23. The van der Waals surface area contributed by atoms with Gasteiger partial charge in [-0.2, -0.15) is 0 Å². The Morgan fingerprint density at radius 1 is 1.27 bits per heavy atom. The molecule has 3 rings (SSSR count). The van der Waals surface area contributed by atoms with Gasteiger partial charge < -0.3 is 14.7 Å². The second kappa shape index (κ2) is 7.57. The summed E-state index contributed by atoms with van der Waals surface area (Å²) >= 11 is 0. The van der Waals surface area contributed by atoms with E-state index in [1.807, 2.05) is 30.3 Å². The lowest BCUT2D eigenvalue weighted by atomic mass is 9.98. The molecule has 0 unspecified atom stereocenters. The van der Waals surface area contributed by atoms with Gasteiger partial charge >= 0.3 is 5.97 Å². The van der Waals surface area contributed by atoms with Gasteiger partial charge in [0.2, 0.25) is 0 Å². The molecule has 4 nitrogen and oxygen atoms in total. The van der Waals surface area contributed by atoms with Crippen LogP contribution < -0.4 is 0 Å². The lowest BCUT2D eigenvalue weighted by Crippen LogP contribution is -2.43. The number of carbonyl (C=O) groups excluding carboxylic acids is 1. The molecular weight excluding hydrogens is 346 g/mol. The van der Waals surface area contributed by atoms with Crippen LogP contribution in [0.5, 0.6) is 0 Å². The van der Waals surface area contributed by atoms with Crippen molar-refractivity contribution in [2.24, 2.45) is 0 Å². The largest absolute Gasteiger partial charge is 0.462 e. The normalized spacial score (nSPS) is 28.7. The van der Waals surface area contributed by atoms with Crippen molar-refractivity contribution in [2.75, 3.05) is 13.7 Å². The smallest absolute Gasteiger partial charge is 0.316 e. The summed E-state index contributed by atoms with van der Waals surface area (Å²) in [4.78, 5) is 14.8. The number of hydrogen-bond donors (Lipinski definition) is 1. The van der Waals surface area contributed by atoms with E-state index in [4.69, 9.17) is 4.74 Å². The molecule has 2 aliphatic rings. The third-order valence-electron chi connectivity index (χ3n) is 5.01. The van der Waals surface area contributed by atoms with E-state index in [9.17, 15) is 9.90 Å². The minimum absolute atomic E-state index is 0.